The van der Waals surface area contributed by atoms with Crippen molar-refractivity contribution in [1.29, 1.82) is 0 Å². The van der Waals surface area contributed by atoms with Crippen molar-refractivity contribution < 1.29 is 18.0 Å². The lowest BCUT2D eigenvalue weighted by Crippen LogP contribution is -2.55. The van der Waals surface area contributed by atoms with E-state index >= 15 is 0 Å². The van der Waals surface area contributed by atoms with Crippen LogP contribution in [0, 0.1) is 13.8 Å². The van der Waals surface area contributed by atoms with Crippen molar-refractivity contribution in [2.45, 2.75) is 37.6 Å². The van der Waals surface area contributed by atoms with Crippen LogP contribution < -0.4 is 4.90 Å². The van der Waals surface area contributed by atoms with E-state index in [1.54, 1.807) is 17.0 Å². The molecule has 0 aromatic heterocycles. The zero-order valence-electron chi connectivity index (χ0n) is 18.1. The van der Waals surface area contributed by atoms with Crippen molar-refractivity contribution in [3.05, 3.63) is 58.6 Å². The van der Waals surface area contributed by atoms with Crippen LogP contribution >= 0.6 is 11.6 Å². The lowest BCUT2D eigenvalue weighted by molar-refractivity contribution is -0.138. The van der Waals surface area contributed by atoms with E-state index in [1.165, 1.54) is 12.1 Å². The fourth-order valence-corrected chi connectivity index (χ4v) is 6.08. The highest BCUT2D eigenvalue weighted by Gasteiger charge is 2.45. The van der Waals surface area contributed by atoms with Crippen molar-refractivity contribution in [2.75, 3.05) is 31.1 Å². The molecule has 9 heteroatoms. The van der Waals surface area contributed by atoms with E-state index in [-0.39, 0.29) is 23.6 Å². The third-order valence-electron chi connectivity index (χ3n) is 6.13. The molecule has 32 heavy (non-hydrogen) atoms. The van der Waals surface area contributed by atoms with Gasteiger partial charge in [0.25, 0.3) is 10.0 Å². The standard InChI is InChI=1S/C23H26ClN3O4S/c1-16-3-7-19(8-4-16)32(30,31)27-20(9-10-22(27)28)23(29)26-13-11-25(12-14-26)21-15-18(24)6-5-17(21)2/h3-8,15,20H,9-14H2,1-2H3/t20-/m1/s1. The second kappa shape index (κ2) is 8.75. The summed E-state index contributed by atoms with van der Waals surface area (Å²) in [7, 11) is -4.09. The SMILES string of the molecule is Cc1ccc(S(=O)(=O)N2C(=O)CC[C@@H]2C(=O)N2CCN(c3cc(Cl)ccc3C)CC2)cc1. The van der Waals surface area contributed by atoms with Crippen LogP contribution in [0.2, 0.25) is 5.02 Å². The highest BCUT2D eigenvalue weighted by molar-refractivity contribution is 7.89. The van der Waals surface area contributed by atoms with Crippen molar-refractivity contribution in [2.24, 2.45) is 0 Å². The highest BCUT2D eigenvalue weighted by atomic mass is 35.5. The predicted octanol–water partition coefficient (Wildman–Crippen LogP) is 2.99. The van der Waals surface area contributed by atoms with Crippen LogP contribution in [0.15, 0.2) is 47.4 Å². The van der Waals surface area contributed by atoms with E-state index in [0.717, 1.165) is 21.1 Å². The highest BCUT2D eigenvalue weighted by Crippen LogP contribution is 2.30. The van der Waals surface area contributed by atoms with E-state index in [2.05, 4.69) is 4.90 Å². The molecule has 0 spiro atoms. The third kappa shape index (κ3) is 4.21. The Morgan fingerprint density at radius 2 is 1.66 bits per heavy atom. The smallest absolute Gasteiger partial charge is 0.267 e. The average Bonchev–Trinajstić information content (AvgIpc) is 3.17. The van der Waals surface area contributed by atoms with Gasteiger partial charge in [0.05, 0.1) is 4.90 Å². The van der Waals surface area contributed by atoms with Gasteiger partial charge in [0.1, 0.15) is 6.04 Å². The molecule has 170 valence electrons. The minimum atomic E-state index is -4.09. The lowest BCUT2D eigenvalue weighted by atomic mass is 10.1. The van der Waals surface area contributed by atoms with Crippen molar-refractivity contribution in [3.8, 4) is 0 Å². The van der Waals surface area contributed by atoms with Crippen LogP contribution in [0.1, 0.15) is 24.0 Å². The minimum Gasteiger partial charge on any atom is -0.368 e. The van der Waals surface area contributed by atoms with Crippen LogP contribution in [-0.4, -0.2) is 61.7 Å². The summed E-state index contributed by atoms with van der Waals surface area (Å²) < 4.78 is 27.1. The number of rotatable bonds is 4. The van der Waals surface area contributed by atoms with Gasteiger partial charge < -0.3 is 9.80 Å². The summed E-state index contributed by atoms with van der Waals surface area (Å²) in [5.41, 5.74) is 3.05. The van der Waals surface area contributed by atoms with Gasteiger partial charge >= 0.3 is 0 Å². The first kappa shape index (κ1) is 22.6. The van der Waals surface area contributed by atoms with Crippen molar-refractivity contribution in [1.82, 2.24) is 9.21 Å². The van der Waals surface area contributed by atoms with Crippen molar-refractivity contribution >= 4 is 39.1 Å². The summed E-state index contributed by atoms with van der Waals surface area (Å²) in [5.74, 6) is -0.842. The van der Waals surface area contributed by atoms with Crippen LogP contribution in [0.5, 0.6) is 0 Å². The van der Waals surface area contributed by atoms with Crippen LogP contribution in [0.4, 0.5) is 5.69 Å². The maximum atomic E-state index is 13.3. The molecule has 2 heterocycles. The fourth-order valence-electron chi connectivity index (χ4n) is 4.31. The van der Waals surface area contributed by atoms with E-state index in [9.17, 15) is 18.0 Å². The summed E-state index contributed by atoms with van der Waals surface area (Å²) in [6, 6.07) is 11.1. The van der Waals surface area contributed by atoms with E-state index in [1.807, 2.05) is 32.0 Å². The number of halogens is 1. The first-order chi connectivity index (χ1) is 15.2. The second-order valence-electron chi connectivity index (χ2n) is 8.31. The first-order valence-corrected chi connectivity index (χ1v) is 12.4. The predicted molar refractivity (Wildman–Crippen MR) is 123 cm³/mol. The third-order valence-corrected chi connectivity index (χ3v) is 8.21. The number of benzene rings is 2. The molecule has 0 saturated carbocycles. The van der Waals surface area contributed by atoms with E-state index < -0.39 is 22.0 Å². The molecular formula is C23H26ClN3O4S. The molecule has 0 N–H and O–H groups in total. The molecule has 2 aromatic rings. The number of piperazine rings is 1. The molecule has 2 aliphatic rings. The maximum Gasteiger partial charge on any atom is 0.267 e. The molecule has 0 unspecified atom stereocenters. The van der Waals surface area contributed by atoms with E-state index in [0.29, 0.717) is 31.2 Å². The number of hydrogen-bond donors (Lipinski definition) is 0. The first-order valence-electron chi connectivity index (χ1n) is 10.6. The van der Waals surface area contributed by atoms with Crippen LogP contribution in [0.3, 0.4) is 0 Å². The zero-order valence-corrected chi connectivity index (χ0v) is 19.7. The summed E-state index contributed by atoms with van der Waals surface area (Å²) >= 11 is 6.15. The molecule has 7 nitrogen and oxygen atoms in total. The molecule has 0 radical (unpaired) electrons. The zero-order chi connectivity index (χ0) is 23.0. The molecule has 1 atom stereocenters. The number of amides is 2. The number of aryl methyl sites for hydroxylation is 2. The van der Waals surface area contributed by atoms with Gasteiger partial charge in [-0.1, -0.05) is 35.4 Å². The van der Waals surface area contributed by atoms with Gasteiger partial charge in [-0.2, -0.15) is 0 Å². The average molecular weight is 476 g/mol. The summed E-state index contributed by atoms with van der Waals surface area (Å²) in [5, 5.41) is 0.658. The largest absolute Gasteiger partial charge is 0.368 e. The monoisotopic (exact) mass is 475 g/mol. The van der Waals surface area contributed by atoms with Gasteiger partial charge in [0.2, 0.25) is 11.8 Å². The Labute approximate surface area is 193 Å². The quantitative estimate of drug-likeness (QED) is 0.679. The van der Waals surface area contributed by atoms with Crippen molar-refractivity contribution in [3.63, 3.8) is 0 Å². The normalized spacial score (nSPS) is 19.5. The van der Waals surface area contributed by atoms with Gasteiger partial charge in [-0.3, -0.25) is 9.59 Å². The van der Waals surface area contributed by atoms with Gasteiger partial charge in [-0.15, -0.1) is 0 Å². The number of carbonyl (C=O) groups excluding carboxylic acids is 2. The van der Waals surface area contributed by atoms with Crippen LogP contribution in [0.25, 0.3) is 0 Å². The molecule has 2 aliphatic heterocycles. The molecule has 4 rings (SSSR count). The molecule has 2 saturated heterocycles. The summed E-state index contributed by atoms with van der Waals surface area (Å²) in [6.07, 6.45) is 0.250. The number of hydrogen-bond acceptors (Lipinski definition) is 5. The maximum absolute atomic E-state index is 13.3. The minimum absolute atomic E-state index is 0.0254. The fraction of sp³-hybridized carbons (Fsp3) is 0.391. The number of anilines is 1. The summed E-state index contributed by atoms with van der Waals surface area (Å²) in [6.45, 7) is 5.99. The Morgan fingerprint density at radius 1 is 1.00 bits per heavy atom. The molecule has 2 aromatic carbocycles. The molecule has 0 aliphatic carbocycles. The number of carbonyl (C=O) groups is 2. The van der Waals surface area contributed by atoms with Crippen LogP contribution in [-0.2, 0) is 19.6 Å². The van der Waals surface area contributed by atoms with Gasteiger partial charge in [0.15, 0.2) is 0 Å². The van der Waals surface area contributed by atoms with Gasteiger partial charge in [-0.05, 0) is 50.1 Å². The number of nitrogens with zero attached hydrogens (tertiary/aromatic N) is 3. The molecular weight excluding hydrogens is 450 g/mol. The molecule has 0 bridgehead atoms. The summed E-state index contributed by atoms with van der Waals surface area (Å²) in [4.78, 5) is 29.7. The van der Waals surface area contributed by atoms with E-state index in [4.69, 9.17) is 11.6 Å². The second-order valence-corrected chi connectivity index (χ2v) is 10.6. The number of sulfonamides is 1. The van der Waals surface area contributed by atoms with Gasteiger partial charge in [-0.25, -0.2) is 12.7 Å². The molecule has 2 amide bonds. The Hall–Kier alpha value is -2.58. The Kier molecular flexibility index (Phi) is 6.18. The Morgan fingerprint density at radius 3 is 2.31 bits per heavy atom. The Bertz CT molecular complexity index is 1140. The Balaban J connectivity index is 1.50. The molecule has 2 fully saturated rings. The van der Waals surface area contributed by atoms with Gasteiger partial charge in [0, 0.05) is 43.3 Å². The lowest BCUT2D eigenvalue weighted by Gasteiger charge is -2.38. The topological polar surface area (TPSA) is 78.0 Å².